The lowest BCUT2D eigenvalue weighted by molar-refractivity contribution is 0.0529. The molecule has 6 heteroatoms. The Hall–Kier alpha value is -1.37. The van der Waals surface area contributed by atoms with Gasteiger partial charge in [0, 0.05) is 21.9 Å². The van der Waals surface area contributed by atoms with Crippen molar-refractivity contribution < 1.29 is 9.53 Å². The zero-order chi connectivity index (χ0) is 16.8. The second-order valence-corrected chi connectivity index (χ2v) is 7.51. The van der Waals surface area contributed by atoms with E-state index >= 15 is 0 Å². The fraction of sp³-hybridized carbons (Fsp3) is 0.471. The van der Waals surface area contributed by atoms with Crippen molar-refractivity contribution in [2.24, 2.45) is 0 Å². The number of nitrogens with two attached hydrogens (primary N) is 1. The molecule has 0 unspecified atom stereocenters. The van der Waals surface area contributed by atoms with Gasteiger partial charge in [-0.25, -0.2) is 4.79 Å². The molecule has 0 aliphatic rings. The number of carbonyl (C=O) groups excluding carboxylic acids is 1. The van der Waals surface area contributed by atoms with Crippen molar-refractivity contribution in [2.75, 3.05) is 25.9 Å². The lowest BCUT2D eigenvalue weighted by atomic mass is 10.1. The Balaban J connectivity index is 2.38. The van der Waals surface area contributed by atoms with Crippen LogP contribution in [0.25, 0.3) is 10.4 Å². The first-order chi connectivity index (χ1) is 11.1. The Morgan fingerprint density at radius 1 is 1.39 bits per heavy atom. The maximum absolute atomic E-state index is 12.3. The van der Waals surface area contributed by atoms with Gasteiger partial charge in [-0.1, -0.05) is 19.4 Å². The van der Waals surface area contributed by atoms with Crippen LogP contribution in [-0.4, -0.2) is 31.1 Å². The van der Waals surface area contributed by atoms with E-state index in [0.29, 0.717) is 17.2 Å². The third kappa shape index (κ3) is 4.34. The maximum atomic E-state index is 12.3. The molecule has 0 amide bonds. The molecule has 0 fully saturated rings. The fourth-order valence-corrected chi connectivity index (χ4v) is 4.47. The summed E-state index contributed by atoms with van der Waals surface area (Å²) in [6.45, 7) is 6.18. The highest BCUT2D eigenvalue weighted by Gasteiger charge is 2.25. The number of thiophene rings is 2. The van der Waals surface area contributed by atoms with Crippen LogP contribution in [0.1, 0.15) is 41.9 Å². The van der Waals surface area contributed by atoms with Crippen LogP contribution in [0.5, 0.6) is 0 Å². The van der Waals surface area contributed by atoms with Crippen molar-refractivity contribution in [2.45, 2.75) is 33.2 Å². The molecule has 0 atom stereocenters. The van der Waals surface area contributed by atoms with Crippen LogP contribution >= 0.6 is 22.7 Å². The minimum atomic E-state index is -0.327. The van der Waals surface area contributed by atoms with Gasteiger partial charge in [0.25, 0.3) is 0 Å². The van der Waals surface area contributed by atoms with Crippen molar-refractivity contribution in [1.29, 1.82) is 0 Å². The smallest absolute Gasteiger partial charge is 0.341 e. The van der Waals surface area contributed by atoms with Gasteiger partial charge in [0.1, 0.15) is 10.6 Å². The second kappa shape index (κ2) is 8.47. The Morgan fingerprint density at radius 3 is 2.78 bits per heavy atom. The van der Waals surface area contributed by atoms with Gasteiger partial charge in [-0.2, -0.15) is 0 Å². The molecule has 23 heavy (non-hydrogen) atoms. The van der Waals surface area contributed by atoms with Crippen molar-refractivity contribution in [3.63, 3.8) is 0 Å². The Bertz CT molecular complexity index is 635. The largest absolute Gasteiger partial charge is 0.462 e. The third-order valence-corrected chi connectivity index (χ3v) is 5.45. The number of rotatable bonds is 8. The van der Waals surface area contributed by atoms with E-state index in [9.17, 15) is 4.79 Å². The highest BCUT2D eigenvalue weighted by Crippen LogP contribution is 2.41. The van der Waals surface area contributed by atoms with Crippen molar-refractivity contribution in [1.82, 2.24) is 4.90 Å². The standard InChI is InChI=1S/C17H24N2O2S2/c1-4-6-9-19(3)11-13-14(12-8-7-10-22-12)15(16(18)23-13)17(20)21-5-2/h7-8,10H,4-6,9,11,18H2,1-3H3. The maximum Gasteiger partial charge on any atom is 0.341 e. The Kier molecular flexibility index (Phi) is 6.62. The van der Waals surface area contributed by atoms with E-state index in [1.807, 2.05) is 24.4 Å². The minimum Gasteiger partial charge on any atom is -0.462 e. The summed E-state index contributed by atoms with van der Waals surface area (Å²) in [5, 5.41) is 2.56. The summed E-state index contributed by atoms with van der Waals surface area (Å²) in [5.74, 6) is -0.327. The molecule has 0 saturated heterocycles. The van der Waals surface area contributed by atoms with Crippen LogP contribution in [-0.2, 0) is 11.3 Å². The van der Waals surface area contributed by atoms with Gasteiger partial charge in [-0.15, -0.1) is 22.7 Å². The van der Waals surface area contributed by atoms with Gasteiger partial charge in [0.2, 0.25) is 0 Å². The van der Waals surface area contributed by atoms with Gasteiger partial charge >= 0.3 is 5.97 Å². The normalized spacial score (nSPS) is 11.1. The summed E-state index contributed by atoms with van der Waals surface area (Å²) >= 11 is 3.12. The molecule has 4 nitrogen and oxygen atoms in total. The van der Waals surface area contributed by atoms with Crippen molar-refractivity contribution in [3.8, 4) is 10.4 Å². The average Bonchev–Trinajstić information content (AvgIpc) is 3.12. The number of nitrogen functional groups attached to an aromatic ring is 1. The highest BCUT2D eigenvalue weighted by molar-refractivity contribution is 7.18. The lowest BCUT2D eigenvalue weighted by Crippen LogP contribution is -2.18. The topological polar surface area (TPSA) is 55.6 Å². The van der Waals surface area contributed by atoms with E-state index < -0.39 is 0 Å². The number of hydrogen-bond acceptors (Lipinski definition) is 6. The van der Waals surface area contributed by atoms with E-state index in [1.54, 1.807) is 11.3 Å². The molecule has 2 N–H and O–H groups in total. The molecule has 0 aromatic carbocycles. The summed E-state index contributed by atoms with van der Waals surface area (Å²) in [6, 6.07) is 4.03. The summed E-state index contributed by atoms with van der Waals surface area (Å²) in [7, 11) is 2.10. The summed E-state index contributed by atoms with van der Waals surface area (Å²) in [4.78, 5) is 16.8. The Morgan fingerprint density at radius 2 is 2.17 bits per heavy atom. The molecule has 126 valence electrons. The molecule has 0 spiro atoms. The van der Waals surface area contributed by atoms with Gasteiger partial charge < -0.3 is 15.4 Å². The molecule has 0 bridgehead atoms. The number of unbranched alkanes of at least 4 members (excludes halogenated alkanes) is 1. The minimum absolute atomic E-state index is 0.327. The molecule has 0 radical (unpaired) electrons. The van der Waals surface area contributed by atoms with Crippen LogP contribution in [0.4, 0.5) is 5.00 Å². The zero-order valence-electron chi connectivity index (χ0n) is 13.9. The SMILES string of the molecule is CCCCN(C)Cc1sc(N)c(C(=O)OCC)c1-c1cccs1. The number of ether oxygens (including phenoxy) is 1. The fourth-order valence-electron chi connectivity index (χ4n) is 2.45. The monoisotopic (exact) mass is 352 g/mol. The van der Waals surface area contributed by atoms with Gasteiger partial charge in [-0.3, -0.25) is 0 Å². The van der Waals surface area contributed by atoms with Gasteiger partial charge in [0.05, 0.1) is 6.61 Å². The average molecular weight is 353 g/mol. The first-order valence-corrected chi connectivity index (χ1v) is 9.58. The van der Waals surface area contributed by atoms with Crippen molar-refractivity contribution in [3.05, 3.63) is 28.0 Å². The highest BCUT2D eigenvalue weighted by atomic mass is 32.1. The van der Waals surface area contributed by atoms with Gasteiger partial charge in [0.15, 0.2) is 0 Å². The molecular formula is C17H24N2O2S2. The molecule has 0 aliphatic heterocycles. The van der Waals surface area contributed by atoms with E-state index in [-0.39, 0.29) is 5.97 Å². The van der Waals surface area contributed by atoms with Crippen LogP contribution in [0.15, 0.2) is 17.5 Å². The molecule has 2 rings (SSSR count). The lowest BCUT2D eigenvalue weighted by Gasteiger charge is -2.16. The van der Waals surface area contributed by atoms with Crippen LogP contribution < -0.4 is 5.73 Å². The number of carbonyl (C=O) groups is 1. The van der Waals surface area contributed by atoms with Gasteiger partial charge in [-0.05, 0) is 38.4 Å². The van der Waals surface area contributed by atoms with Crippen LogP contribution in [0, 0.1) is 0 Å². The van der Waals surface area contributed by atoms with Crippen LogP contribution in [0.3, 0.4) is 0 Å². The number of hydrogen-bond donors (Lipinski definition) is 1. The van der Waals surface area contributed by atoms with E-state index in [0.717, 1.165) is 34.8 Å². The first-order valence-electron chi connectivity index (χ1n) is 7.89. The quantitative estimate of drug-likeness (QED) is 0.712. The third-order valence-electron chi connectivity index (χ3n) is 3.56. The second-order valence-electron chi connectivity index (χ2n) is 5.43. The summed E-state index contributed by atoms with van der Waals surface area (Å²) in [6.07, 6.45) is 2.33. The molecule has 2 heterocycles. The van der Waals surface area contributed by atoms with E-state index in [4.69, 9.17) is 10.5 Å². The Labute approximate surface area is 145 Å². The van der Waals surface area contributed by atoms with E-state index in [1.165, 1.54) is 17.8 Å². The van der Waals surface area contributed by atoms with Crippen LogP contribution in [0.2, 0.25) is 0 Å². The summed E-state index contributed by atoms with van der Waals surface area (Å²) < 4.78 is 5.21. The number of nitrogens with zero attached hydrogens (tertiary/aromatic N) is 1. The number of esters is 1. The number of anilines is 1. The van der Waals surface area contributed by atoms with Crippen molar-refractivity contribution >= 4 is 33.6 Å². The first kappa shape index (κ1) is 18.0. The predicted molar refractivity (Wildman–Crippen MR) is 99.2 cm³/mol. The molecular weight excluding hydrogens is 328 g/mol. The van der Waals surface area contributed by atoms with E-state index in [2.05, 4.69) is 18.9 Å². The zero-order valence-corrected chi connectivity index (χ0v) is 15.6. The molecule has 2 aromatic heterocycles. The summed E-state index contributed by atoms with van der Waals surface area (Å²) in [5.41, 5.74) is 7.63. The molecule has 2 aromatic rings. The molecule has 0 aliphatic carbocycles. The molecule has 0 saturated carbocycles. The predicted octanol–water partition coefficient (Wildman–Crippen LogP) is 4.47.